The van der Waals surface area contributed by atoms with Crippen LogP contribution in [0.2, 0.25) is 5.02 Å². The molecule has 1 amide bonds. The Morgan fingerprint density at radius 3 is 2.41 bits per heavy atom. The van der Waals surface area contributed by atoms with Crippen molar-refractivity contribution in [2.24, 2.45) is 11.8 Å². The number of anilines is 1. The van der Waals surface area contributed by atoms with Crippen molar-refractivity contribution < 1.29 is 9.90 Å². The molecule has 8 heteroatoms. The molecule has 1 rings (SSSR count). The van der Waals surface area contributed by atoms with Gasteiger partial charge in [-0.25, -0.2) is 14.8 Å². The second-order valence-electron chi connectivity index (χ2n) is 5.71. The first kappa shape index (κ1) is 18.0. The average molecular weight is 326 g/mol. The van der Waals surface area contributed by atoms with Crippen molar-refractivity contribution >= 4 is 23.5 Å². The van der Waals surface area contributed by atoms with Crippen LogP contribution in [0.25, 0.3) is 0 Å². The number of hydrazine groups is 1. The predicted molar refractivity (Wildman–Crippen MR) is 83.5 cm³/mol. The molecular weight excluding hydrogens is 306 g/mol. The van der Waals surface area contributed by atoms with E-state index >= 15 is 0 Å². The summed E-state index contributed by atoms with van der Waals surface area (Å²) in [6.45, 7) is 8.47. The molecule has 0 radical (unpaired) electrons. The van der Waals surface area contributed by atoms with Crippen LogP contribution in [-0.2, 0) is 0 Å². The first-order valence-corrected chi connectivity index (χ1v) is 7.34. The summed E-state index contributed by atoms with van der Waals surface area (Å²) in [5.74, 6) is 0.473. The second kappa shape index (κ2) is 7.80. The third-order valence-electron chi connectivity index (χ3n) is 2.66. The van der Waals surface area contributed by atoms with E-state index in [0.29, 0.717) is 13.1 Å². The molecule has 1 aromatic rings. The van der Waals surface area contributed by atoms with Crippen LogP contribution in [-0.4, -0.2) is 39.3 Å². The van der Waals surface area contributed by atoms with E-state index in [1.54, 1.807) is 0 Å². The van der Waals surface area contributed by atoms with Gasteiger partial charge < -0.3 is 5.11 Å². The highest BCUT2D eigenvalue weighted by molar-refractivity contribution is 6.32. The van der Waals surface area contributed by atoms with Crippen LogP contribution >= 0.6 is 11.6 Å². The van der Waals surface area contributed by atoms with Crippen molar-refractivity contribution in [2.75, 3.05) is 18.1 Å². The molecule has 0 aromatic carbocycles. The van der Waals surface area contributed by atoms with E-state index in [0.717, 1.165) is 0 Å². The van der Waals surface area contributed by atoms with Crippen molar-refractivity contribution in [2.45, 2.75) is 27.7 Å². The van der Waals surface area contributed by atoms with Gasteiger partial charge in [0.1, 0.15) is 11.1 Å². The number of hydrogen-bond donors (Lipinski definition) is 1. The Labute approximate surface area is 135 Å². The maximum absolute atomic E-state index is 11.6. The van der Waals surface area contributed by atoms with Gasteiger partial charge in [0.05, 0.1) is 6.20 Å². The fourth-order valence-corrected chi connectivity index (χ4v) is 2.05. The zero-order chi connectivity index (χ0) is 16.9. The number of rotatable bonds is 6. The Morgan fingerprint density at radius 1 is 1.36 bits per heavy atom. The molecule has 0 aliphatic rings. The Kier molecular flexibility index (Phi) is 6.38. The molecule has 0 aliphatic heterocycles. The summed E-state index contributed by atoms with van der Waals surface area (Å²) < 4.78 is 0. The fourth-order valence-electron chi connectivity index (χ4n) is 1.86. The van der Waals surface area contributed by atoms with Crippen LogP contribution in [0.5, 0.6) is 0 Å². The molecule has 0 fully saturated rings. The van der Waals surface area contributed by atoms with Gasteiger partial charge in [0, 0.05) is 13.1 Å². The summed E-state index contributed by atoms with van der Waals surface area (Å²) >= 11 is 6.12. The van der Waals surface area contributed by atoms with Gasteiger partial charge in [-0.15, -0.1) is 0 Å². The molecule has 22 heavy (non-hydrogen) atoms. The first-order valence-electron chi connectivity index (χ1n) is 6.96. The van der Waals surface area contributed by atoms with E-state index in [9.17, 15) is 9.90 Å². The maximum atomic E-state index is 11.6. The lowest BCUT2D eigenvalue weighted by Crippen LogP contribution is -2.50. The van der Waals surface area contributed by atoms with Crippen LogP contribution in [0.3, 0.4) is 0 Å². The minimum absolute atomic E-state index is 0.0527. The van der Waals surface area contributed by atoms with Gasteiger partial charge in [-0.2, -0.15) is 10.2 Å². The zero-order valence-corrected chi connectivity index (χ0v) is 13.9. The largest absolute Gasteiger partial charge is 0.464 e. The van der Waals surface area contributed by atoms with Crippen LogP contribution in [0.15, 0.2) is 6.20 Å². The number of carboxylic acid groups (broad SMARTS) is 1. The summed E-state index contributed by atoms with van der Waals surface area (Å²) in [5, 5.41) is 21.3. The Bertz CT molecular complexity index is 571. The van der Waals surface area contributed by atoms with Gasteiger partial charge in [-0.05, 0) is 11.8 Å². The predicted octanol–water partition coefficient (Wildman–Crippen LogP) is 3.02. The van der Waals surface area contributed by atoms with E-state index < -0.39 is 6.09 Å². The van der Waals surface area contributed by atoms with Crippen molar-refractivity contribution in [3.63, 3.8) is 0 Å². The van der Waals surface area contributed by atoms with Gasteiger partial charge in [0.2, 0.25) is 5.82 Å². The molecule has 0 saturated carbocycles. The molecule has 0 unspecified atom stereocenters. The lowest BCUT2D eigenvalue weighted by molar-refractivity contribution is 0.130. The molecule has 0 atom stereocenters. The number of hydrogen-bond acceptors (Lipinski definition) is 5. The number of amides is 1. The summed E-state index contributed by atoms with van der Waals surface area (Å²) in [7, 11) is 0. The van der Waals surface area contributed by atoms with Crippen molar-refractivity contribution in [1.82, 2.24) is 15.0 Å². The maximum Gasteiger partial charge on any atom is 0.426 e. The van der Waals surface area contributed by atoms with Gasteiger partial charge in [0.25, 0.3) is 0 Å². The van der Waals surface area contributed by atoms with Crippen molar-refractivity contribution in [1.29, 1.82) is 5.26 Å². The monoisotopic (exact) mass is 325 g/mol. The molecule has 0 bridgehead atoms. The summed E-state index contributed by atoms with van der Waals surface area (Å²) in [6, 6.07) is 1.84. The van der Waals surface area contributed by atoms with E-state index in [1.165, 1.54) is 16.2 Å². The molecule has 120 valence electrons. The lowest BCUT2D eigenvalue weighted by Gasteiger charge is -2.36. The second-order valence-corrected chi connectivity index (χ2v) is 6.12. The summed E-state index contributed by atoms with van der Waals surface area (Å²) in [4.78, 5) is 19.5. The van der Waals surface area contributed by atoms with Crippen LogP contribution < -0.4 is 5.01 Å². The van der Waals surface area contributed by atoms with Crippen LogP contribution in [0, 0.1) is 23.2 Å². The topological polar surface area (TPSA) is 93.4 Å². The fraction of sp³-hybridized carbons (Fsp3) is 0.571. The Hall–Kier alpha value is -2.07. The van der Waals surface area contributed by atoms with Gasteiger partial charge in [0.15, 0.2) is 5.82 Å². The molecule has 1 aromatic heterocycles. The van der Waals surface area contributed by atoms with Gasteiger partial charge in [-0.1, -0.05) is 39.3 Å². The highest BCUT2D eigenvalue weighted by Crippen LogP contribution is 2.25. The molecule has 0 saturated heterocycles. The molecule has 0 aliphatic carbocycles. The third kappa shape index (κ3) is 4.74. The minimum Gasteiger partial charge on any atom is -0.464 e. The number of halogens is 1. The molecule has 0 spiro atoms. The highest BCUT2D eigenvalue weighted by atomic mass is 35.5. The first-order chi connectivity index (χ1) is 10.3. The van der Waals surface area contributed by atoms with E-state index in [-0.39, 0.29) is 28.5 Å². The highest BCUT2D eigenvalue weighted by Gasteiger charge is 2.26. The number of aromatic nitrogens is 2. The van der Waals surface area contributed by atoms with Gasteiger partial charge >= 0.3 is 6.09 Å². The lowest BCUT2D eigenvalue weighted by atomic mass is 10.2. The number of carbonyl (C=O) groups is 1. The molecule has 7 nitrogen and oxygen atoms in total. The standard InChI is InChI=1S/C14H20ClN5O2/c1-9(2)7-19(20(14(21)22)8-10(3)4)13-11(15)6-17-12(5-16)18-13/h6,9-10H,7-8H2,1-4H3,(H,21,22). The van der Waals surface area contributed by atoms with E-state index in [1.807, 2.05) is 33.8 Å². The SMILES string of the molecule is CC(C)CN(C(=O)O)N(CC(C)C)c1nc(C#N)ncc1Cl. The van der Waals surface area contributed by atoms with E-state index in [2.05, 4.69) is 9.97 Å². The molecular formula is C14H20ClN5O2. The summed E-state index contributed by atoms with van der Waals surface area (Å²) in [6.07, 6.45) is 0.216. The van der Waals surface area contributed by atoms with E-state index in [4.69, 9.17) is 16.9 Å². The minimum atomic E-state index is -1.09. The van der Waals surface area contributed by atoms with Crippen molar-refractivity contribution in [3.05, 3.63) is 17.0 Å². The third-order valence-corrected chi connectivity index (χ3v) is 2.93. The molecule has 1 heterocycles. The Morgan fingerprint density at radius 2 is 1.95 bits per heavy atom. The molecule has 1 N–H and O–H groups in total. The van der Waals surface area contributed by atoms with Crippen LogP contribution in [0.1, 0.15) is 33.5 Å². The van der Waals surface area contributed by atoms with Crippen molar-refractivity contribution in [3.8, 4) is 6.07 Å². The Balaban J connectivity index is 3.32. The van der Waals surface area contributed by atoms with Gasteiger partial charge in [-0.3, -0.25) is 5.01 Å². The zero-order valence-electron chi connectivity index (χ0n) is 13.1. The quantitative estimate of drug-likeness (QED) is 0.808. The summed E-state index contributed by atoms with van der Waals surface area (Å²) in [5.41, 5.74) is 0. The number of nitriles is 1. The smallest absolute Gasteiger partial charge is 0.426 e. The normalized spacial score (nSPS) is 10.6. The average Bonchev–Trinajstić information content (AvgIpc) is 2.42. The van der Waals surface area contributed by atoms with Crippen LogP contribution in [0.4, 0.5) is 10.6 Å². The number of nitrogens with zero attached hydrogens (tertiary/aromatic N) is 5.